The highest BCUT2D eigenvalue weighted by Crippen LogP contribution is 2.18. The number of nitrogens with one attached hydrogen (secondary N) is 9. The first-order valence-corrected chi connectivity index (χ1v) is 30.2. The van der Waals surface area contributed by atoms with E-state index < -0.39 is 169 Å². The van der Waals surface area contributed by atoms with Crippen LogP contribution in [0.2, 0.25) is 0 Å². The van der Waals surface area contributed by atoms with Crippen molar-refractivity contribution in [2.45, 2.75) is 207 Å². The molecule has 1 fully saturated rings. The van der Waals surface area contributed by atoms with Crippen LogP contribution < -0.4 is 70.8 Å². The van der Waals surface area contributed by atoms with Crippen LogP contribution in [0.5, 0.6) is 0 Å². The average Bonchev–Trinajstić information content (AvgIpc) is 3.14. The molecule has 490 valence electrons. The van der Waals surface area contributed by atoms with Crippen molar-refractivity contribution in [2.24, 2.45) is 57.5 Å². The minimum atomic E-state index is -1.65. The summed E-state index contributed by atoms with van der Waals surface area (Å²) in [4.78, 5) is 155. The molecule has 2 rings (SSSR count). The van der Waals surface area contributed by atoms with Gasteiger partial charge in [0.25, 0.3) is 0 Å². The zero-order chi connectivity index (χ0) is 65.8. The average molecular weight is 1230 g/mol. The topological polar surface area (TPSA) is 440 Å². The Bertz CT molecular complexity index is 2480. The number of rotatable bonds is 33. The molecule has 0 spiro atoms. The van der Waals surface area contributed by atoms with Gasteiger partial charge in [0.05, 0.1) is 6.04 Å². The van der Waals surface area contributed by atoms with Gasteiger partial charge in [0.2, 0.25) is 47.3 Å². The number of hydrogen-bond donors (Lipinski definition) is 13. The molecule has 1 aromatic carbocycles. The van der Waals surface area contributed by atoms with Crippen LogP contribution in [0.15, 0.2) is 35.3 Å². The molecular formula is C59H100N14O14. The standard InChI is InChI=1S/C59H100N14O14/c1-14-31(7)43(69-51(77)40(24-21-25-65-59(62)63)67-49(75)38(60)28-85-56(82)44(32(8)15-2)70-52(78)41(64-13)27-37-22-19-18-20-23-37)54(80)72-45(33(9)16-3)57(83)86-29-39(61)50(76)73-47-36(12)87-58(84)46(34(10)17-4)71-53(79)42(26-30(5)6)68-48(74)35(11)66-55(47)81/h18-20,22-23,30-36,38-47,64H,14-17,21,24-29,60-61H2,1-13H3,(H,66,81)(H,67,75)(H,68,74)(H,69,77)(H,70,78)(H,71,79)(H,72,80)(H,73,76)(H4,62,63,65)/t31-,32-,33-,34-,35-,36-,38-,39-,40+,41+,42-,43+,44-,45-,46-,47+/m0/s1. The normalized spacial score (nSPS) is 21.3. The third-order valence-electron chi connectivity index (χ3n) is 15.5. The molecule has 0 radical (unpaired) electrons. The van der Waals surface area contributed by atoms with Crippen molar-refractivity contribution in [3.63, 3.8) is 0 Å². The quantitative estimate of drug-likeness (QED) is 0.0128. The highest BCUT2D eigenvalue weighted by molar-refractivity contribution is 5.97. The Kier molecular flexibility index (Phi) is 33.0. The van der Waals surface area contributed by atoms with Crippen LogP contribution in [-0.2, 0) is 73.4 Å². The molecule has 28 heteroatoms. The maximum Gasteiger partial charge on any atom is 0.329 e. The minimum absolute atomic E-state index is 0.0484. The van der Waals surface area contributed by atoms with Crippen LogP contribution in [0.1, 0.15) is 134 Å². The number of ether oxygens (including phenoxy) is 3. The fraction of sp³-hybridized carbons (Fsp3) is 0.695. The smallest absolute Gasteiger partial charge is 0.329 e. The highest BCUT2D eigenvalue weighted by Gasteiger charge is 2.40. The van der Waals surface area contributed by atoms with Gasteiger partial charge >= 0.3 is 17.9 Å². The number of esters is 3. The molecule has 1 aliphatic heterocycles. The summed E-state index contributed by atoms with van der Waals surface area (Å²) < 4.78 is 16.7. The zero-order valence-electron chi connectivity index (χ0n) is 53.0. The van der Waals surface area contributed by atoms with Crippen LogP contribution in [0, 0.1) is 29.6 Å². The molecule has 28 nitrogen and oxygen atoms in total. The van der Waals surface area contributed by atoms with E-state index in [2.05, 4.69) is 52.8 Å². The molecule has 0 unspecified atom stereocenters. The summed E-state index contributed by atoms with van der Waals surface area (Å²) in [6.45, 7) is 19.0. The lowest BCUT2D eigenvalue weighted by molar-refractivity contribution is -0.158. The highest BCUT2D eigenvalue weighted by atomic mass is 16.6. The molecule has 0 aliphatic carbocycles. The number of carbonyl (C=O) groups is 11. The third kappa shape index (κ3) is 25.0. The first kappa shape index (κ1) is 75.6. The second-order valence-corrected chi connectivity index (χ2v) is 23.1. The van der Waals surface area contributed by atoms with Gasteiger partial charge in [0.1, 0.15) is 79.7 Å². The van der Waals surface area contributed by atoms with E-state index in [9.17, 15) is 52.7 Å². The Balaban J connectivity index is 2.30. The van der Waals surface area contributed by atoms with Crippen molar-refractivity contribution in [1.29, 1.82) is 0 Å². The molecule has 16 atom stereocenters. The maximum absolute atomic E-state index is 14.3. The van der Waals surface area contributed by atoms with Crippen LogP contribution in [0.4, 0.5) is 0 Å². The second-order valence-electron chi connectivity index (χ2n) is 23.1. The van der Waals surface area contributed by atoms with Crippen molar-refractivity contribution in [2.75, 3.05) is 26.8 Å². The fourth-order valence-corrected chi connectivity index (χ4v) is 8.96. The van der Waals surface area contributed by atoms with Crippen molar-refractivity contribution in [1.82, 2.24) is 47.9 Å². The Hall–Kier alpha value is -7.46. The van der Waals surface area contributed by atoms with Gasteiger partial charge in [0.15, 0.2) is 5.96 Å². The number of amides is 8. The van der Waals surface area contributed by atoms with Gasteiger partial charge in [-0.25, -0.2) is 14.4 Å². The number of nitrogens with two attached hydrogens (primary N) is 4. The van der Waals surface area contributed by atoms with Crippen LogP contribution >= 0.6 is 0 Å². The number of carbonyl (C=O) groups excluding carboxylic acids is 11. The number of likely N-dealkylation sites (N-methyl/N-ethyl adjacent to an activating group) is 1. The lowest BCUT2D eigenvalue weighted by Gasteiger charge is -2.30. The SMILES string of the molecule is CC[C@H](C)[C@H](NC(=O)[C@@H](Cc1ccccc1)NC)C(=O)OC[C@H](N)C(=O)N[C@H](CCCN=C(N)N)C(=O)N[C@@H](C(=O)N[C@H](C(=O)OC[C@H](N)C(=O)N[C@H]1C(=O)N[C@@H](C)C(=O)N[C@@H](CC(C)C)C(=O)N[C@@H]([C@@H](C)CC)C(=O)O[C@H]1C)[C@@H](C)CC)[C@@H](C)CC. The third-order valence-corrected chi connectivity index (χ3v) is 15.5. The maximum atomic E-state index is 14.3. The molecule has 0 bridgehead atoms. The van der Waals surface area contributed by atoms with Crippen LogP contribution in [0.3, 0.4) is 0 Å². The fourth-order valence-electron chi connectivity index (χ4n) is 8.96. The molecule has 87 heavy (non-hydrogen) atoms. The lowest BCUT2D eigenvalue weighted by atomic mass is 9.95. The van der Waals surface area contributed by atoms with Gasteiger partial charge in [-0.05, 0) is 81.7 Å². The van der Waals surface area contributed by atoms with Crippen molar-refractivity contribution in [3.8, 4) is 0 Å². The zero-order valence-corrected chi connectivity index (χ0v) is 53.0. The predicted octanol–water partition coefficient (Wildman–Crippen LogP) is -1.31. The first-order valence-electron chi connectivity index (χ1n) is 30.2. The van der Waals surface area contributed by atoms with Crippen molar-refractivity contribution in [3.05, 3.63) is 35.9 Å². The van der Waals surface area contributed by atoms with Crippen molar-refractivity contribution < 1.29 is 67.0 Å². The molecule has 0 saturated carbocycles. The second kappa shape index (κ2) is 38.0. The first-order chi connectivity index (χ1) is 40.9. The van der Waals surface area contributed by atoms with E-state index in [-0.39, 0.29) is 43.6 Å². The van der Waals surface area contributed by atoms with Crippen LogP contribution in [0.25, 0.3) is 0 Å². The molecule has 17 N–H and O–H groups in total. The summed E-state index contributed by atoms with van der Waals surface area (Å²) in [6.07, 6.45) is 0.859. The summed E-state index contributed by atoms with van der Waals surface area (Å²) in [5.74, 6) is -11.3. The van der Waals surface area contributed by atoms with E-state index in [4.69, 9.17) is 37.1 Å². The number of guanidine groups is 1. The Labute approximate surface area is 511 Å². The molecule has 1 aliphatic rings. The van der Waals surface area contributed by atoms with E-state index >= 15 is 0 Å². The molecule has 0 aromatic heterocycles. The van der Waals surface area contributed by atoms with Crippen molar-refractivity contribution >= 4 is 71.1 Å². The molecule has 1 aromatic rings. The van der Waals surface area contributed by atoms with Gasteiger partial charge in [-0.1, -0.05) is 125 Å². The molecule has 1 heterocycles. The summed E-state index contributed by atoms with van der Waals surface area (Å²) in [7, 11) is 1.63. The summed E-state index contributed by atoms with van der Waals surface area (Å²) in [5.41, 5.74) is 24.4. The number of hydrogen-bond acceptors (Lipinski definition) is 18. The van der Waals surface area contributed by atoms with Gasteiger partial charge in [0, 0.05) is 6.54 Å². The lowest BCUT2D eigenvalue weighted by Crippen LogP contribution is -2.60. The molecule has 8 amide bonds. The summed E-state index contributed by atoms with van der Waals surface area (Å²) >= 11 is 0. The van der Waals surface area contributed by atoms with Crippen LogP contribution in [-0.4, -0.2) is 170 Å². The van der Waals surface area contributed by atoms with Gasteiger partial charge in [-0.15, -0.1) is 0 Å². The van der Waals surface area contributed by atoms with E-state index in [1.165, 1.54) is 13.8 Å². The van der Waals surface area contributed by atoms with E-state index in [1.54, 1.807) is 55.5 Å². The summed E-state index contributed by atoms with van der Waals surface area (Å²) in [5, 5.41) is 24.0. The van der Waals surface area contributed by atoms with Gasteiger partial charge in [-0.2, -0.15) is 0 Å². The molecule has 1 saturated heterocycles. The Morgan fingerprint density at radius 2 is 1.15 bits per heavy atom. The monoisotopic (exact) mass is 1230 g/mol. The Morgan fingerprint density at radius 1 is 0.632 bits per heavy atom. The minimum Gasteiger partial charge on any atom is -0.462 e. The number of aliphatic imine (C=N–C) groups is 1. The number of benzene rings is 1. The van der Waals surface area contributed by atoms with E-state index in [0.717, 1.165) is 5.56 Å². The van der Waals surface area contributed by atoms with Gasteiger partial charge in [-0.3, -0.25) is 43.3 Å². The molecular weight excluding hydrogens is 1130 g/mol. The van der Waals surface area contributed by atoms with E-state index in [0.29, 0.717) is 32.1 Å². The number of cyclic esters (lactones) is 1. The largest absolute Gasteiger partial charge is 0.462 e. The van der Waals surface area contributed by atoms with E-state index in [1.807, 2.05) is 51.1 Å². The number of nitrogens with zero attached hydrogens (tertiary/aromatic N) is 1. The summed E-state index contributed by atoms with van der Waals surface area (Å²) in [6, 6.07) is -4.76. The Morgan fingerprint density at radius 3 is 1.67 bits per heavy atom. The van der Waals surface area contributed by atoms with Gasteiger partial charge < -0.3 is 85.0 Å². The predicted molar refractivity (Wildman–Crippen MR) is 325 cm³/mol.